The van der Waals surface area contributed by atoms with Crippen LogP contribution in [0.5, 0.6) is 0 Å². The van der Waals surface area contributed by atoms with Crippen molar-refractivity contribution in [3.63, 3.8) is 0 Å². The Hall–Kier alpha value is -1.81. The van der Waals surface area contributed by atoms with Crippen LogP contribution in [0.4, 0.5) is 0 Å². The Morgan fingerprint density at radius 3 is 0.444 bits per heavy atom. The summed E-state index contributed by atoms with van der Waals surface area (Å²) in [6.45, 7) is 0. The summed E-state index contributed by atoms with van der Waals surface area (Å²) in [4.78, 5) is 33.0. The molecule has 0 amide bonds. The van der Waals surface area contributed by atoms with Gasteiger partial charge in [0.05, 0.1) is 20.3 Å². The fraction of sp³-hybridized carbons (Fsp3) is 0. The van der Waals surface area contributed by atoms with Gasteiger partial charge in [-0.15, -0.1) is 0 Å². The Morgan fingerprint density at radius 2 is 0.444 bits per heavy atom. The minimum absolute atomic E-state index is 0. The third kappa shape index (κ3) is 753. The molecule has 0 aliphatic carbocycles. The fourth-order valence-electron chi connectivity index (χ4n) is 0. The van der Waals surface area contributed by atoms with E-state index in [4.69, 9.17) is 61.3 Å². The van der Waals surface area contributed by atoms with Crippen molar-refractivity contribution >= 4 is 23.1 Å². The normalized spacial score (nSPS) is 5.33. The van der Waals surface area contributed by atoms with Crippen LogP contribution in [0.2, 0.25) is 0 Å². The van der Waals surface area contributed by atoms with Gasteiger partial charge in [-0.3, -0.25) is 0 Å². The van der Waals surface area contributed by atoms with Gasteiger partial charge >= 0.3 is 42.5 Å². The molecule has 18 heavy (non-hydrogen) atoms. The average molecular weight is 338 g/mol. The van der Waals surface area contributed by atoms with Crippen LogP contribution < -0.4 is 0 Å². The number of nitrogens with zero attached hydrogens (tertiary/aromatic N) is 4. The molecule has 0 N–H and O–H groups in total. The molecule has 0 radical (unpaired) electrons. The van der Waals surface area contributed by atoms with Gasteiger partial charge in [-0.2, -0.15) is 0 Å². The summed E-state index contributed by atoms with van der Waals surface area (Å²) in [6.07, 6.45) is 0. The minimum Gasteiger partial charge on any atom is -0.356 e. The molecule has 0 atom stereocenters. The van der Waals surface area contributed by atoms with E-state index in [1.165, 1.54) is 0 Å². The maximum Gasteiger partial charge on any atom is 2.00 e. The van der Waals surface area contributed by atoms with Gasteiger partial charge in [0.15, 0.2) is 0 Å². The Morgan fingerprint density at radius 1 is 0.444 bits per heavy atom. The van der Waals surface area contributed by atoms with Gasteiger partial charge in [0.25, 0.3) is 0 Å². The molecular weight excluding hydrogens is 338 g/mol. The third-order valence-corrected chi connectivity index (χ3v) is 0. The Kier molecular flexibility index (Phi) is 58.9. The van der Waals surface area contributed by atoms with Crippen molar-refractivity contribution < 1.29 is 39.8 Å². The summed E-state index contributed by atoms with van der Waals surface area (Å²) in [6, 6.07) is 0. The zero-order chi connectivity index (χ0) is 14.3. The molecule has 0 aromatic carbocycles. The Labute approximate surface area is 124 Å². The molecule has 0 aromatic heterocycles. The van der Waals surface area contributed by atoms with E-state index in [0.29, 0.717) is 0 Å². The van der Waals surface area contributed by atoms with E-state index in [1.54, 1.807) is 0 Å². The van der Waals surface area contributed by atoms with Gasteiger partial charge < -0.3 is 61.3 Å². The molecule has 0 fully saturated rings. The molecule has 0 aromatic rings. The first kappa shape index (κ1) is 36.0. The molecule has 18 heteroatoms. The maximum atomic E-state index is 8.25. The molecule has 96 valence electrons. The van der Waals surface area contributed by atoms with Crippen LogP contribution in [-0.4, -0.2) is 43.4 Å². The van der Waals surface area contributed by atoms with E-state index in [-0.39, 0.29) is 42.5 Å². The molecule has 0 spiro atoms. The zero-order valence-corrected chi connectivity index (χ0v) is 12.5. The van der Waals surface area contributed by atoms with Crippen LogP contribution in [0.1, 0.15) is 0 Å². The van der Waals surface area contributed by atoms with Crippen LogP contribution in [0.15, 0.2) is 0 Å². The summed E-state index contributed by atoms with van der Waals surface area (Å²) < 4.78 is 0. The standard InChI is InChI=1S/Mg.4NO3.Zn/c;4*2-1(3)4;/q+2;4*-1;+2. The van der Waals surface area contributed by atoms with E-state index < -0.39 is 20.3 Å². The van der Waals surface area contributed by atoms with E-state index in [1.807, 2.05) is 0 Å². The monoisotopic (exact) mass is 336 g/mol. The van der Waals surface area contributed by atoms with E-state index >= 15 is 0 Å². The topological polar surface area (TPSA) is 265 Å². The number of hydrogen-bond donors (Lipinski definition) is 0. The SMILES string of the molecule is O=[N+]([O-])[O-].O=[N+]([O-])[O-].O=[N+]([O-])[O-].O=[N+]([O-])[O-].[Mg+2].[Zn+2]. The molecule has 0 aliphatic heterocycles. The van der Waals surface area contributed by atoms with Crippen molar-refractivity contribution in [3.05, 3.63) is 61.3 Å². The first-order chi connectivity index (χ1) is 6.93. The Bertz CT molecular complexity index is 164. The average Bonchev–Trinajstić information content (AvgIpc) is 1.76. The summed E-state index contributed by atoms with van der Waals surface area (Å²) in [5.74, 6) is 0. The first-order valence-electron chi connectivity index (χ1n) is 2.19. The Balaban J connectivity index is -0.0000000257. The van der Waals surface area contributed by atoms with Crippen LogP contribution in [0.25, 0.3) is 0 Å². The fourth-order valence-corrected chi connectivity index (χ4v) is 0. The zero-order valence-electron chi connectivity index (χ0n) is 8.10. The smallest absolute Gasteiger partial charge is 0.356 e. The van der Waals surface area contributed by atoms with Gasteiger partial charge in [0, 0.05) is 0 Å². The van der Waals surface area contributed by atoms with Crippen molar-refractivity contribution in [1.82, 2.24) is 0 Å². The van der Waals surface area contributed by atoms with Crippen LogP contribution >= 0.6 is 0 Å². The summed E-state index contributed by atoms with van der Waals surface area (Å²) in [5, 5.41) is 59.0. The second kappa shape index (κ2) is 29.5. The largest absolute Gasteiger partial charge is 2.00 e. The molecule has 0 saturated heterocycles. The van der Waals surface area contributed by atoms with E-state index in [2.05, 4.69) is 0 Å². The molecule has 0 aliphatic rings. The summed E-state index contributed by atoms with van der Waals surface area (Å²) in [7, 11) is 0. The summed E-state index contributed by atoms with van der Waals surface area (Å²) in [5.41, 5.74) is 0. The molecular formula is MgN4O12Zn. The van der Waals surface area contributed by atoms with Gasteiger partial charge in [0.2, 0.25) is 0 Å². The van der Waals surface area contributed by atoms with Gasteiger partial charge in [-0.25, -0.2) is 0 Å². The number of rotatable bonds is 0. The summed E-state index contributed by atoms with van der Waals surface area (Å²) >= 11 is 0. The van der Waals surface area contributed by atoms with E-state index in [0.717, 1.165) is 0 Å². The maximum absolute atomic E-state index is 8.25. The van der Waals surface area contributed by atoms with Crippen molar-refractivity contribution in [1.29, 1.82) is 0 Å². The quantitative estimate of drug-likeness (QED) is 0.282. The van der Waals surface area contributed by atoms with Crippen LogP contribution in [0, 0.1) is 61.3 Å². The molecule has 0 saturated carbocycles. The second-order valence-corrected chi connectivity index (χ2v) is 0.894. The van der Waals surface area contributed by atoms with Crippen LogP contribution in [0.3, 0.4) is 0 Å². The number of hydrogen-bond acceptors (Lipinski definition) is 12. The third-order valence-electron chi connectivity index (χ3n) is 0. The predicted molar refractivity (Wildman–Crippen MR) is 47.2 cm³/mol. The van der Waals surface area contributed by atoms with Crippen molar-refractivity contribution in [2.24, 2.45) is 0 Å². The van der Waals surface area contributed by atoms with Crippen molar-refractivity contribution in [2.45, 2.75) is 0 Å². The van der Waals surface area contributed by atoms with E-state index in [9.17, 15) is 0 Å². The van der Waals surface area contributed by atoms with Gasteiger partial charge in [0.1, 0.15) is 0 Å². The van der Waals surface area contributed by atoms with Crippen molar-refractivity contribution in [3.8, 4) is 0 Å². The van der Waals surface area contributed by atoms with Crippen molar-refractivity contribution in [2.75, 3.05) is 0 Å². The minimum atomic E-state index is -1.75. The molecule has 0 heterocycles. The molecule has 0 bridgehead atoms. The van der Waals surface area contributed by atoms with Crippen LogP contribution in [-0.2, 0) is 19.5 Å². The second-order valence-electron chi connectivity index (χ2n) is 0.894. The first-order valence-corrected chi connectivity index (χ1v) is 2.19. The molecule has 0 rings (SSSR count). The molecule has 0 unspecified atom stereocenters. The predicted octanol–water partition coefficient (Wildman–Crippen LogP) is -1.34. The molecule has 16 nitrogen and oxygen atoms in total. The van der Waals surface area contributed by atoms with Gasteiger partial charge in [-0.05, 0) is 0 Å². The van der Waals surface area contributed by atoms with Gasteiger partial charge in [-0.1, -0.05) is 0 Å².